The van der Waals surface area contributed by atoms with Crippen molar-refractivity contribution in [2.24, 2.45) is 0 Å². The molecule has 2 aromatic rings. The number of allylic oxidation sites excluding steroid dienone is 1. The highest BCUT2D eigenvalue weighted by atomic mass is 35.5. The number of rotatable bonds is 9. The number of ketones is 1. The Balaban J connectivity index is 2.06. The zero-order valence-corrected chi connectivity index (χ0v) is 15.5. The summed E-state index contributed by atoms with van der Waals surface area (Å²) in [6.07, 6.45) is 4.50. The van der Waals surface area contributed by atoms with Gasteiger partial charge in [0.2, 0.25) is 0 Å². The molecule has 0 atom stereocenters. The molecule has 0 aliphatic carbocycles. The lowest BCUT2D eigenvalue weighted by atomic mass is 10.1. The Morgan fingerprint density at radius 3 is 2.56 bits per heavy atom. The number of alkyl halides is 1. The summed E-state index contributed by atoms with van der Waals surface area (Å²) in [5, 5.41) is 0. The van der Waals surface area contributed by atoms with Crippen LogP contribution in [0.2, 0.25) is 0 Å². The van der Waals surface area contributed by atoms with Crippen LogP contribution in [-0.4, -0.2) is 31.9 Å². The van der Waals surface area contributed by atoms with Crippen molar-refractivity contribution < 1.29 is 9.53 Å². The smallest absolute Gasteiger partial charge is 0.185 e. The molecule has 132 valence electrons. The van der Waals surface area contributed by atoms with Gasteiger partial charge in [-0.15, -0.1) is 11.6 Å². The number of nitrogens with zero attached hydrogens (tertiary/aromatic N) is 1. The maximum absolute atomic E-state index is 12.3. The molecule has 0 bridgehead atoms. The van der Waals surface area contributed by atoms with Crippen LogP contribution in [0, 0.1) is 0 Å². The fraction of sp³-hybridized carbons (Fsp3) is 0.286. The predicted octanol–water partition coefficient (Wildman–Crippen LogP) is 5.05. The number of anilines is 1. The van der Waals surface area contributed by atoms with Gasteiger partial charge in [-0.2, -0.15) is 0 Å². The molecule has 0 aromatic heterocycles. The van der Waals surface area contributed by atoms with Gasteiger partial charge in [-0.1, -0.05) is 37.3 Å². The first-order valence-corrected chi connectivity index (χ1v) is 8.98. The summed E-state index contributed by atoms with van der Waals surface area (Å²) in [4.78, 5) is 14.5. The summed E-state index contributed by atoms with van der Waals surface area (Å²) in [5.41, 5.74) is 2.75. The third-order valence-corrected chi connectivity index (χ3v) is 4.06. The summed E-state index contributed by atoms with van der Waals surface area (Å²) >= 11 is 5.88. The molecular formula is C21H24ClNO2. The Morgan fingerprint density at radius 2 is 1.92 bits per heavy atom. The molecule has 0 radical (unpaired) electrons. The summed E-state index contributed by atoms with van der Waals surface area (Å²) in [7, 11) is 1.59. The normalized spacial score (nSPS) is 10.8. The van der Waals surface area contributed by atoms with Gasteiger partial charge in [0.15, 0.2) is 5.78 Å². The zero-order valence-electron chi connectivity index (χ0n) is 14.7. The van der Waals surface area contributed by atoms with Gasteiger partial charge in [0.25, 0.3) is 0 Å². The second-order valence-electron chi connectivity index (χ2n) is 5.70. The molecule has 0 saturated heterocycles. The van der Waals surface area contributed by atoms with E-state index >= 15 is 0 Å². The maximum atomic E-state index is 12.3. The molecule has 2 aromatic carbocycles. The van der Waals surface area contributed by atoms with E-state index < -0.39 is 0 Å². The SMILES string of the molecule is CCCN(CCCl)c1ccc(/C=C/C(=O)c2cccc(OC)c2)cc1. The van der Waals surface area contributed by atoms with E-state index in [1.54, 1.807) is 25.3 Å². The second-order valence-corrected chi connectivity index (χ2v) is 6.08. The lowest BCUT2D eigenvalue weighted by Gasteiger charge is -2.23. The van der Waals surface area contributed by atoms with E-state index in [1.807, 2.05) is 30.3 Å². The molecule has 4 heteroatoms. The van der Waals surface area contributed by atoms with Crippen molar-refractivity contribution in [3.05, 3.63) is 65.7 Å². The minimum atomic E-state index is -0.0438. The molecule has 0 amide bonds. The summed E-state index contributed by atoms with van der Waals surface area (Å²) < 4.78 is 5.15. The molecule has 0 saturated carbocycles. The van der Waals surface area contributed by atoms with Crippen LogP contribution in [0.25, 0.3) is 6.08 Å². The van der Waals surface area contributed by atoms with Gasteiger partial charge in [-0.25, -0.2) is 0 Å². The van der Waals surface area contributed by atoms with Crippen molar-refractivity contribution in [3.63, 3.8) is 0 Å². The van der Waals surface area contributed by atoms with Crippen LogP contribution in [-0.2, 0) is 0 Å². The number of carbonyl (C=O) groups excluding carboxylic acids is 1. The highest BCUT2D eigenvalue weighted by Gasteiger charge is 2.05. The van der Waals surface area contributed by atoms with Gasteiger partial charge >= 0.3 is 0 Å². The highest BCUT2D eigenvalue weighted by molar-refractivity contribution is 6.18. The largest absolute Gasteiger partial charge is 0.497 e. The number of hydrogen-bond donors (Lipinski definition) is 0. The van der Waals surface area contributed by atoms with Gasteiger partial charge in [-0.3, -0.25) is 4.79 Å². The molecule has 0 unspecified atom stereocenters. The van der Waals surface area contributed by atoms with E-state index in [2.05, 4.69) is 24.0 Å². The van der Waals surface area contributed by atoms with Crippen molar-refractivity contribution in [1.82, 2.24) is 0 Å². The molecule has 2 rings (SSSR count). The Kier molecular flexibility index (Phi) is 7.55. The van der Waals surface area contributed by atoms with Crippen LogP contribution >= 0.6 is 11.6 Å². The van der Waals surface area contributed by atoms with E-state index in [4.69, 9.17) is 16.3 Å². The molecule has 0 N–H and O–H groups in total. The number of carbonyl (C=O) groups is 1. The van der Waals surface area contributed by atoms with Crippen molar-refractivity contribution in [2.75, 3.05) is 31.0 Å². The first kappa shape index (κ1) is 19.1. The number of halogens is 1. The average molecular weight is 358 g/mol. The van der Waals surface area contributed by atoms with Gasteiger partial charge in [0.05, 0.1) is 7.11 Å². The third kappa shape index (κ3) is 5.64. The number of hydrogen-bond acceptors (Lipinski definition) is 3. The predicted molar refractivity (Wildman–Crippen MR) is 106 cm³/mol. The molecule has 0 fully saturated rings. The maximum Gasteiger partial charge on any atom is 0.185 e. The van der Waals surface area contributed by atoms with E-state index in [0.717, 1.165) is 30.8 Å². The van der Waals surface area contributed by atoms with E-state index in [0.29, 0.717) is 17.2 Å². The fourth-order valence-electron chi connectivity index (χ4n) is 2.58. The van der Waals surface area contributed by atoms with Crippen molar-refractivity contribution in [3.8, 4) is 5.75 Å². The number of benzene rings is 2. The van der Waals surface area contributed by atoms with Gasteiger partial charge in [-0.05, 0) is 42.3 Å². The van der Waals surface area contributed by atoms with Crippen molar-refractivity contribution in [1.29, 1.82) is 0 Å². The second kappa shape index (κ2) is 9.90. The lowest BCUT2D eigenvalue weighted by Crippen LogP contribution is -2.26. The first-order valence-electron chi connectivity index (χ1n) is 8.45. The molecule has 0 aliphatic rings. The lowest BCUT2D eigenvalue weighted by molar-refractivity contribution is 0.104. The van der Waals surface area contributed by atoms with Crippen LogP contribution in [0.3, 0.4) is 0 Å². The van der Waals surface area contributed by atoms with Gasteiger partial charge in [0, 0.05) is 30.2 Å². The first-order chi connectivity index (χ1) is 12.2. The van der Waals surface area contributed by atoms with Crippen LogP contribution in [0.4, 0.5) is 5.69 Å². The van der Waals surface area contributed by atoms with Gasteiger partial charge < -0.3 is 9.64 Å². The number of ether oxygens (including phenoxy) is 1. The molecule has 25 heavy (non-hydrogen) atoms. The summed E-state index contributed by atoms with van der Waals surface area (Å²) in [6.45, 7) is 3.97. The van der Waals surface area contributed by atoms with Crippen LogP contribution in [0.15, 0.2) is 54.6 Å². The van der Waals surface area contributed by atoms with Crippen molar-refractivity contribution in [2.45, 2.75) is 13.3 Å². The topological polar surface area (TPSA) is 29.5 Å². The quantitative estimate of drug-likeness (QED) is 0.357. The van der Waals surface area contributed by atoms with E-state index in [1.165, 1.54) is 0 Å². The minimum absolute atomic E-state index is 0.0438. The van der Waals surface area contributed by atoms with Gasteiger partial charge in [0.1, 0.15) is 5.75 Å². The fourth-order valence-corrected chi connectivity index (χ4v) is 2.79. The van der Waals surface area contributed by atoms with Crippen LogP contribution in [0.1, 0.15) is 29.3 Å². The minimum Gasteiger partial charge on any atom is -0.497 e. The standard InChI is InChI=1S/C21H24ClNO2/c1-3-14-23(15-13-22)19-10-7-17(8-11-19)9-12-21(24)18-5-4-6-20(16-18)25-2/h4-12,16H,3,13-15H2,1-2H3/b12-9+. The third-order valence-electron chi connectivity index (χ3n) is 3.89. The summed E-state index contributed by atoms with van der Waals surface area (Å²) in [5.74, 6) is 1.24. The Hall–Kier alpha value is -2.26. The highest BCUT2D eigenvalue weighted by Crippen LogP contribution is 2.18. The van der Waals surface area contributed by atoms with Crippen LogP contribution < -0.4 is 9.64 Å². The summed E-state index contributed by atoms with van der Waals surface area (Å²) in [6, 6.07) is 15.3. The molecule has 3 nitrogen and oxygen atoms in total. The molecule has 0 spiro atoms. The molecular weight excluding hydrogens is 334 g/mol. The Morgan fingerprint density at radius 1 is 1.16 bits per heavy atom. The van der Waals surface area contributed by atoms with E-state index in [-0.39, 0.29) is 5.78 Å². The Bertz CT molecular complexity index is 704. The zero-order chi connectivity index (χ0) is 18.1. The Labute approximate surface area is 154 Å². The van der Waals surface area contributed by atoms with Crippen molar-refractivity contribution >= 4 is 29.1 Å². The van der Waals surface area contributed by atoms with E-state index in [9.17, 15) is 4.79 Å². The average Bonchev–Trinajstić information content (AvgIpc) is 2.66. The molecule has 0 heterocycles. The monoisotopic (exact) mass is 357 g/mol. The van der Waals surface area contributed by atoms with Crippen LogP contribution in [0.5, 0.6) is 5.75 Å². The molecule has 0 aliphatic heterocycles. The number of methoxy groups -OCH3 is 1.